The van der Waals surface area contributed by atoms with Crippen LogP contribution >= 0.6 is 0 Å². The van der Waals surface area contributed by atoms with Gasteiger partial charge in [0.1, 0.15) is 12.6 Å². The maximum Gasteiger partial charge on any atom is 0.248 e. The maximum atomic E-state index is 12.9. The van der Waals surface area contributed by atoms with Gasteiger partial charge in [0, 0.05) is 19.6 Å². The number of nitrogens with zero attached hydrogens (tertiary/aromatic N) is 6. The van der Waals surface area contributed by atoms with Gasteiger partial charge in [0.2, 0.25) is 11.8 Å². The molecular formula is C17H30N6O2. The summed E-state index contributed by atoms with van der Waals surface area (Å²) in [5, 5.41) is 8.02. The Kier molecular flexibility index (Phi) is 6.52. The van der Waals surface area contributed by atoms with Gasteiger partial charge in [-0.15, -0.1) is 5.10 Å². The van der Waals surface area contributed by atoms with Gasteiger partial charge < -0.3 is 14.7 Å². The zero-order valence-electron chi connectivity index (χ0n) is 16.0. The summed E-state index contributed by atoms with van der Waals surface area (Å²) in [6, 6.07) is -0.365. The van der Waals surface area contributed by atoms with Gasteiger partial charge in [0.25, 0.3) is 0 Å². The number of hydrogen-bond acceptors (Lipinski definition) is 5. The second-order valence-electron chi connectivity index (χ2n) is 7.29. The smallest absolute Gasteiger partial charge is 0.248 e. The molecule has 1 aromatic rings. The van der Waals surface area contributed by atoms with Gasteiger partial charge in [0.15, 0.2) is 0 Å². The van der Waals surface area contributed by atoms with Crippen LogP contribution in [-0.2, 0) is 16.1 Å². The molecule has 0 radical (unpaired) electrons. The monoisotopic (exact) mass is 350 g/mol. The summed E-state index contributed by atoms with van der Waals surface area (Å²) >= 11 is 0. The van der Waals surface area contributed by atoms with E-state index in [2.05, 4.69) is 24.2 Å². The molecule has 2 heterocycles. The third-order valence-electron chi connectivity index (χ3n) is 4.47. The van der Waals surface area contributed by atoms with Gasteiger partial charge in [-0.05, 0) is 33.4 Å². The first kappa shape index (κ1) is 19.4. The number of rotatable bonds is 8. The molecule has 140 valence electrons. The third-order valence-corrected chi connectivity index (χ3v) is 4.47. The van der Waals surface area contributed by atoms with Gasteiger partial charge >= 0.3 is 0 Å². The van der Waals surface area contributed by atoms with Crippen LogP contribution in [0.4, 0.5) is 0 Å². The van der Waals surface area contributed by atoms with Crippen LogP contribution in [0, 0.1) is 5.92 Å². The molecule has 0 unspecified atom stereocenters. The number of likely N-dealkylation sites (N-methyl/N-ethyl adjacent to an activating group) is 2. The van der Waals surface area contributed by atoms with Gasteiger partial charge in [-0.3, -0.25) is 9.59 Å². The molecule has 0 spiro atoms. The van der Waals surface area contributed by atoms with Crippen molar-refractivity contribution < 1.29 is 9.59 Å². The van der Waals surface area contributed by atoms with Crippen molar-refractivity contribution in [2.45, 2.75) is 39.8 Å². The summed E-state index contributed by atoms with van der Waals surface area (Å²) < 4.78 is 1.72. The van der Waals surface area contributed by atoms with E-state index < -0.39 is 0 Å². The first-order valence-corrected chi connectivity index (χ1v) is 8.93. The van der Waals surface area contributed by atoms with Gasteiger partial charge in [-0.25, -0.2) is 4.68 Å². The SMILES string of the molecule is CCN(CCN(C)C)C(=O)CN1Cc2cnnn2[C@@H](CC(C)C)C1=O. The standard InChI is InChI=1S/C17H30N6O2/c1-6-21(8-7-20(4)5)16(24)12-22-11-14-10-18-19-23(14)15(17(22)25)9-13(2)3/h10,13,15H,6-9,11-12H2,1-5H3/t15-/m0/s1. The normalized spacial score (nSPS) is 17.3. The molecule has 2 amide bonds. The van der Waals surface area contributed by atoms with Gasteiger partial charge in [-0.1, -0.05) is 19.1 Å². The Bertz CT molecular complexity index is 598. The van der Waals surface area contributed by atoms with Crippen molar-refractivity contribution in [1.29, 1.82) is 0 Å². The van der Waals surface area contributed by atoms with Gasteiger partial charge in [0.05, 0.1) is 18.4 Å². The molecule has 2 rings (SSSR count). The molecule has 25 heavy (non-hydrogen) atoms. The first-order chi connectivity index (χ1) is 11.8. The third kappa shape index (κ3) is 4.78. The van der Waals surface area contributed by atoms with Crippen LogP contribution in [0.5, 0.6) is 0 Å². The summed E-state index contributed by atoms with van der Waals surface area (Å²) in [5.41, 5.74) is 0.884. The van der Waals surface area contributed by atoms with E-state index in [0.29, 0.717) is 32.0 Å². The highest BCUT2D eigenvalue weighted by atomic mass is 16.2. The van der Waals surface area contributed by atoms with Crippen molar-refractivity contribution in [3.8, 4) is 0 Å². The Labute approximate surface area is 149 Å². The molecule has 1 aliphatic rings. The summed E-state index contributed by atoms with van der Waals surface area (Å²) in [6.45, 7) is 8.73. The van der Waals surface area contributed by atoms with E-state index >= 15 is 0 Å². The predicted molar refractivity (Wildman–Crippen MR) is 94.7 cm³/mol. The quantitative estimate of drug-likeness (QED) is 0.687. The van der Waals surface area contributed by atoms with Crippen molar-refractivity contribution in [2.24, 2.45) is 5.92 Å². The summed E-state index contributed by atoms with van der Waals surface area (Å²) in [4.78, 5) is 31.0. The zero-order valence-corrected chi connectivity index (χ0v) is 16.0. The molecule has 1 atom stereocenters. The number of hydrogen-bond donors (Lipinski definition) is 0. The van der Waals surface area contributed by atoms with E-state index in [9.17, 15) is 9.59 Å². The Hall–Kier alpha value is -1.96. The molecule has 0 saturated carbocycles. The minimum absolute atomic E-state index is 0.0121. The van der Waals surface area contributed by atoms with E-state index in [-0.39, 0.29) is 24.4 Å². The van der Waals surface area contributed by atoms with Gasteiger partial charge in [-0.2, -0.15) is 0 Å². The van der Waals surface area contributed by atoms with Crippen molar-refractivity contribution in [2.75, 3.05) is 40.3 Å². The van der Waals surface area contributed by atoms with E-state index in [0.717, 1.165) is 12.2 Å². The van der Waals surface area contributed by atoms with Crippen LogP contribution in [0.1, 0.15) is 38.9 Å². The second kappa shape index (κ2) is 8.42. The van der Waals surface area contributed by atoms with Crippen molar-refractivity contribution in [3.63, 3.8) is 0 Å². The van der Waals surface area contributed by atoms with E-state index in [1.54, 1.807) is 20.7 Å². The number of amides is 2. The van der Waals surface area contributed by atoms with E-state index in [4.69, 9.17) is 0 Å². The molecule has 0 aromatic carbocycles. The number of aromatic nitrogens is 3. The highest BCUT2D eigenvalue weighted by molar-refractivity contribution is 5.87. The highest BCUT2D eigenvalue weighted by Crippen LogP contribution is 2.26. The van der Waals surface area contributed by atoms with E-state index in [1.165, 1.54) is 0 Å². The number of fused-ring (bicyclic) bond motifs is 1. The number of carbonyl (C=O) groups excluding carboxylic acids is 2. The molecule has 8 nitrogen and oxygen atoms in total. The van der Waals surface area contributed by atoms with Crippen LogP contribution in [0.15, 0.2) is 6.20 Å². The topological polar surface area (TPSA) is 74.6 Å². The van der Waals surface area contributed by atoms with Crippen LogP contribution < -0.4 is 0 Å². The fraction of sp³-hybridized carbons (Fsp3) is 0.765. The first-order valence-electron chi connectivity index (χ1n) is 8.93. The highest BCUT2D eigenvalue weighted by Gasteiger charge is 2.35. The predicted octanol–water partition coefficient (Wildman–Crippen LogP) is 0.618. The lowest BCUT2D eigenvalue weighted by atomic mass is 10.0. The molecule has 1 aromatic heterocycles. The van der Waals surface area contributed by atoms with Crippen LogP contribution in [0.25, 0.3) is 0 Å². The average molecular weight is 350 g/mol. The molecule has 1 aliphatic heterocycles. The minimum atomic E-state index is -0.365. The molecule has 8 heteroatoms. The Morgan fingerprint density at radius 2 is 2.08 bits per heavy atom. The Balaban J connectivity index is 2.09. The second-order valence-corrected chi connectivity index (χ2v) is 7.29. The fourth-order valence-corrected chi connectivity index (χ4v) is 3.05. The van der Waals surface area contributed by atoms with Crippen LogP contribution in [0.2, 0.25) is 0 Å². The number of carbonyl (C=O) groups is 2. The molecule has 0 bridgehead atoms. The maximum absolute atomic E-state index is 12.9. The average Bonchev–Trinajstić information content (AvgIpc) is 2.99. The molecule has 0 N–H and O–H groups in total. The molecule has 0 fully saturated rings. The summed E-state index contributed by atoms with van der Waals surface area (Å²) in [7, 11) is 3.97. The lowest BCUT2D eigenvalue weighted by Gasteiger charge is -2.34. The zero-order chi connectivity index (χ0) is 18.6. The van der Waals surface area contributed by atoms with Crippen molar-refractivity contribution >= 4 is 11.8 Å². The van der Waals surface area contributed by atoms with E-state index in [1.807, 2.05) is 25.9 Å². The van der Waals surface area contributed by atoms with Crippen LogP contribution in [-0.4, -0.2) is 81.8 Å². The summed E-state index contributed by atoms with van der Waals surface area (Å²) in [5.74, 6) is 0.305. The fourth-order valence-electron chi connectivity index (χ4n) is 3.05. The van der Waals surface area contributed by atoms with Crippen molar-refractivity contribution in [3.05, 3.63) is 11.9 Å². The lowest BCUT2D eigenvalue weighted by molar-refractivity contribution is -0.145. The minimum Gasteiger partial charge on any atom is -0.340 e. The molecular weight excluding hydrogens is 320 g/mol. The Morgan fingerprint density at radius 3 is 2.68 bits per heavy atom. The largest absolute Gasteiger partial charge is 0.340 e. The Morgan fingerprint density at radius 1 is 1.36 bits per heavy atom. The van der Waals surface area contributed by atoms with Crippen LogP contribution in [0.3, 0.4) is 0 Å². The van der Waals surface area contributed by atoms with Crippen molar-refractivity contribution in [1.82, 2.24) is 29.7 Å². The molecule has 0 aliphatic carbocycles. The lowest BCUT2D eigenvalue weighted by Crippen LogP contribution is -2.49. The summed E-state index contributed by atoms with van der Waals surface area (Å²) in [6.07, 6.45) is 2.37. The molecule has 0 saturated heterocycles.